The number of rotatable bonds is 4. The average molecular weight is 226 g/mol. The first-order valence-electron chi connectivity index (χ1n) is 4.60. The van der Waals surface area contributed by atoms with E-state index < -0.39 is 17.8 Å². The number of hydrogen-bond acceptors (Lipinski definition) is 3. The lowest BCUT2D eigenvalue weighted by Gasteiger charge is -2.15. The van der Waals surface area contributed by atoms with Gasteiger partial charge in [-0.3, -0.25) is 9.59 Å². The Morgan fingerprint density at radius 1 is 1.50 bits per heavy atom. The molecule has 0 saturated carbocycles. The number of carboxylic acid groups (broad SMARTS) is 1. The Morgan fingerprint density at radius 2 is 2.19 bits per heavy atom. The van der Waals surface area contributed by atoms with Crippen LogP contribution in [0, 0.1) is 5.95 Å². The summed E-state index contributed by atoms with van der Waals surface area (Å²) in [5.74, 6) is -2.23. The third-order valence-corrected chi connectivity index (χ3v) is 1.94. The molecule has 1 aromatic rings. The Kier molecular flexibility index (Phi) is 3.93. The van der Waals surface area contributed by atoms with Crippen LogP contribution >= 0.6 is 0 Å². The van der Waals surface area contributed by atoms with Crippen LogP contribution in [-0.4, -0.2) is 40.5 Å². The van der Waals surface area contributed by atoms with E-state index in [2.05, 4.69) is 4.98 Å². The lowest BCUT2D eigenvalue weighted by Crippen LogP contribution is -2.29. The van der Waals surface area contributed by atoms with Crippen LogP contribution in [0.1, 0.15) is 16.9 Å². The predicted octanol–water partition coefficient (Wildman–Crippen LogP) is 0.767. The fourth-order valence-electron chi connectivity index (χ4n) is 1.09. The summed E-state index contributed by atoms with van der Waals surface area (Å²) >= 11 is 0. The van der Waals surface area contributed by atoms with Crippen molar-refractivity contribution in [3.05, 3.63) is 29.8 Å². The van der Waals surface area contributed by atoms with Gasteiger partial charge in [-0.05, 0) is 12.1 Å². The molecule has 0 radical (unpaired) electrons. The van der Waals surface area contributed by atoms with Crippen molar-refractivity contribution in [2.75, 3.05) is 13.6 Å². The zero-order valence-electron chi connectivity index (χ0n) is 8.68. The van der Waals surface area contributed by atoms with Gasteiger partial charge in [0.15, 0.2) is 0 Å². The third kappa shape index (κ3) is 3.30. The number of nitrogens with zero attached hydrogens (tertiary/aromatic N) is 2. The lowest BCUT2D eigenvalue weighted by atomic mass is 10.3. The van der Waals surface area contributed by atoms with Crippen LogP contribution in [0.15, 0.2) is 18.2 Å². The van der Waals surface area contributed by atoms with E-state index in [0.717, 1.165) is 6.07 Å². The number of hydrogen-bond donors (Lipinski definition) is 1. The van der Waals surface area contributed by atoms with Crippen LogP contribution < -0.4 is 0 Å². The van der Waals surface area contributed by atoms with Gasteiger partial charge in [0.25, 0.3) is 5.91 Å². The van der Waals surface area contributed by atoms with Crippen LogP contribution in [-0.2, 0) is 4.79 Å². The molecule has 1 N–H and O–H groups in total. The van der Waals surface area contributed by atoms with Crippen LogP contribution in [0.25, 0.3) is 0 Å². The Labute approximate surface area is 91.5 Å². The molecule has 1 amide bonds. The number of aliphatic carboxylic acids is 1. The summed E-state index contributed by atoms with van der Waals surface area (Å²) < 4.78 is 12.7. The molecule has 0 unspecified atom stereocenters. The van der Waals surface area contributed by atoms with E-state index in [9.17, 15) is 14.0 Å². The quantitative estimate of drug-likeness (QED) is 0.770. The smallest absolute Gasteiger partial charge is 0.305 e. The largest absolute Gasteiger partial charge is 0.481 e. The lowest BCUT2D eigenvalue weighted by molar-refractivity contribution is -0.137. The molecule has 1 aromatic heterocycles. The van der Waals surface area contributed by atoms with Gasteiger partial charge in [-0.15, -0.1) is 0 Å². The molecular weight excluding hydrogens is 215 g/mol. The van der Waals surface area contributed by atoms with E-state index in [1.165, 1.54) is 24.1 Å². The number of aromatic nitrogens is 1. The van der Waals surface area contributed by atoms with E-state index in [1.807, 2.05) is 0 Å². The molecule has 0 aliphatic carbocycles. The summed E-state index contributed by atoms with van der Waals surface area (Å²) in [5.41, 5.74) is -0.0344. The molecular formula is C10H11FN2O3. The van der Waals surface area contributed by atoms with Crippen molar-refractivity contribution in [3.63, 3.8) is 0 Å². The first-order valence-corrected chi connectivity index (χ1v) is 4.60. The van der Waals surface area contributed by atoms with Gasteiger partial charge >= 0.3 is 5.97 Å². The molecule has 0 bridgehead atoms. The van der Waals surface area contributed by atoms with Gasteiger partial charge in [0, 0.05) is 13.6 Å². The zero-order valence-corrected chi connectivity index (χ0v) is 8.68. The number of carbonyl (C=O) groups excluding carboxylic acids is 1. The molecule has 1 heterocycles. The minimum Gasteiger partial charge on any atom is -0.481 e. The van der Waals surface area contributed by atoms with Crippen molar-refractivity contribution in [1.82, 2.24) is 9.88 Å². The summed E-state index contributed by atoms with van der Waals surface area (Å²) in [6.07, 6.45) is -0.155. The standard InChI is InChI=1S/C10H11FN2O3/c1-13(6-5-9(14)15)10(16)7-3-2-4-8(11)12-7/h2-4H,5-6H2,1H3,(H,14,15). The highest BCUT2D eigenvalue weighted by Crippen LogP contribution is 2.02. The van der Waals surface area contributed by atoms with Crippen molar-refractivity contribution in [1.29, 1.82) is 0 Å². The van der Waals surface area contributed by atoms with Crippen molar-refractivity contribution in [3.8, 4) is 0 Å². The highest BCUT2D eigenvalue weighted by molar-refractivity contribution is 5.92. The molecule has 0 spiro atoms. The maximum atomic E-state index is 12.7. The maximum Gasteiger partial charge on any atom is 0.305 e. The van der Waals surface area contributed by atoms with Gasteiger partial charge in [0.05, 0.1) is 6.42 Å². The normalized spacial score (nSPS) is 9.88. The molecule has 5 nitrogen and oxygen atoms in total. The fourth-order valence-corrected chi connectivity index (χ4v) is 1.09. The summed E-state index contributed by atoms with van der Waals surface area (Å²) in [5, 5.41) is 8.45. The molecule has 0 saturated heterocycles. The second-order valence-corrected chi connectivity index (χ2v) is 3.22. The number of carbonyl (C=O) groups is 2. The van der Waals surface area contributed by atoms with Crippen molar-refractivity contribution in [2.24, 2.45) is 0 Å². The van der Waals surface area contributed by atoms with Gasteiger partial charge in [-0.2, -0.15) is 4.39 Å². The first kappa shape index (κ1) is 12.1. The fraction of sp³-hybridized carbons (Fsp3) is 0.300. The number of amides is 1. The number of halogens is 1. The summed E-state index contributed by atoms with van der Waals surface area (Å²) in [7, 11) is 1.44. The molecule has 0 fully saturated rings. The molecule has 1 rings (SSSR count). The van der Waals surface area contributed by atoms with Crippen molar-refractivity contribution in [2.45, 2.75) is 6.42 Å². The summed E-state index contributed by atoms with van der Waals surface area (Å²) in [4.78, 5) is 26.5. The van der Waals surface area contributed by atoms with E-state index in [-0.39, 0.29) is 18.7 Å². The molecule has 6 heteroatoms. The van der Waals surface area contributed by atoms with Crippen molar-refractivity contribution < 1.29 is 19.1 Å². The monoisotopic (exact) mass is 226 g/mol. The second-order valence-electron chi connectivity index (χ2n) is 3.22. The predicted molar refractivity (Wildman–Crippen MR) is 53.4 cm³/mol. The topological polar surface area (TPSA) is 70.5 Å². The van der Waals surface area contributed by atoms with E-state index in [4.69, 9.17) is 5.11 Å². The molecule has 0 atom stereocenters. The van der Waals surface area contributed by atoms with E-state index in [1.54, 1.807) is 0 Å². The second kappa shape index (κ2) is 5.20. The van der Waals surface area contributed by atoms with Gasteiger partial charge in [0.1, 0.15) is 5.69 Å². The molecule has 86 valence electrons. The molecule has 16 heavy (non-hydrogen) atoms. The summed E-state index contributed by atoms with van der Waals surface area (Å²) in [6.45, 7) is 0.0619. The Balaban J connectivity index is 2.67. The van der Waals surface area contributed by atoms with Crippen LogP contribution in [0.3, 0.4) is 0 Å². The van der Waals surface area contributed by atoms with Gasteiger partial charge in [-0.25, -0.2) is 4.98 Å². The number of pyridine rings is 1. The Hall–Kier alpha value is -1.98. The van der Waals surface area contributed by atoms with E-state index >= 15 is 0 Å². The van der Waals surface area contributed by atoms with E-state index in [0.29, 0.717) is 0 Å². The van der Waals surface area contributed by atoms with Gasteiger partial charge in [0.2, 0.25) is 5.95 Å². The SMILES string of the molecule is CN(CCC(=O)O)C(=O)c1cccc(F)n1. The average Bonchev–Trinajstić information content (AvgIpc) is 2.24. The Bertz CT molecular complexity index is 409. The third-order valence-electron chi connectivity index (χ3n) is 1.94. The van der Waals surface area contributed by atoms with Crippen LogP contribution in [0.2, 0.25) is 0 Å². The van der Waals surface area contributed by atoms with Gasteiger partial charge < -0.3 is 10.0 Å². The maximum absolute atomic E-state index is 12.7. The van der Waals surface area contributed by atoms with Gasteiger partial charge in [-0.1, -0.05) is 6.07 Å². The van der Waals surface area contributed by atoms with Crippen LogP contribution in [0.4, 0.5) is 4.39 Å². The highest BCUT2D eigenvalue weighted by Gasteiger charge is 2.14. The zero-order chi connectivity index (χ0) is 12.1. The molecule has 0 aromatic carbocycles. The van der Waals surface area contributed by atoms with Crippen molar-refractivity contribution >= 4 is 11.9 Å². The highest BCUT2D eigenvalue weighted by atomic mass is 19.1. The van der Waals surface area contributed by atoms with Crippen LogP contribution in [0.5, 0.6) is 0 Å². The number of carboxylic acids is 1. The minimum absolute atomic E-state index is 0.0344. The molecule has 0 aliphatic rings. The summed E-state index contributed by atoms with van der Waals surface area (Å²) in [6, 6.07) is 3.89. The Morgan fingerprint density at radius 3 is 2.75 bits per heavy atom. The first-order chi connectivity index (χ1) is 7.50. The molecule has 0 aliphatic heterocycles. The minimum atomic E-state index is -0.994.